The maximum absolute atomic E-state index is 13.1. The van der Waals surface area contributed by atoms with E-state index < -0.39 is 23.3 Å². The third-order valence-corrected chi connectivity index (χ3v) is 2.70. The lowest BCUT2D eigenvalue weighted by atomic mass is 10.1. The van der Waals surface area contributed by atoms with E-state index >= 15 is 0 Å². The highest BCUT2D eigenvalue weighted by molar-refractivity contribution is 5.47. The fraction of sp³-hybridized carbons (Fsp3) is 0.143. The summed E-state index contributed by atoms with van der Waals surface area (Å²) in [6.45, 7) is 0.151. The summed E-state index contributed by atoms with van der Waals surface area (Å²) in [4.78, 5) is 0. The van der Waals surface area contributed by atoms with Gasteiger partial charge in [-0.05, 0) is 35.9 Å². The molecule has 0 spiro atoms. The molecule has 0 amide bonds. The number of rotatable bonds is 3. The van der Waals surface area contributed by atoms with Gasteiger partial charge in [0.05, 0.1) is 5.56 Å². The predicted octanol–water partition coefficient (Wildman–Crippen LogP) is 4.16. The molecule has 0 radical (unpaired) electrons. The largest absolute Gasteiger partial charge is 0.505 e. The van der Waals surface area contributed by atoms with E-state index in [2.05, 4.69) is 5.32 Å². The molecule has 0 fully saturated rings. The number of hydrogen-bond acceptors (Lipinski definition) is 2. The normalized spacial score (nSPS) is 11.4. The number of aromatic hydroxyl groups is 1. The van der Waals surface area contributed by atoms with Crippen molar-refractivity contribution in [3.63, 3.8) is 0 Å². The van der Waals surface area contributed by atoms with Crippen LogP contribution in [0.5, 0.6) is 5.75 Å². The van der Waals surface area contributed by atoms with Gasteiger partial charge in [-0.1, -0.05) is 12.1 Å². The van der Waals surface area contributed by atoms with Crippen molar-refractivity contribution in [2.75, 3.05) is 5.32 Å². The number of phenols is 1. The maximum atomic E-state index is 13.1. The molecule has 106 valence electrons. The van der Waals surface area contributed by atoms with Gasteiger partial charge in [-0.3, -0.25) is 0 Å². The van der Waals surface area contributed by atoms with Crippen molar-refractivity contribution in [1.82, 2.24) is 0 Å². The number of benzene rings is 2. The average Bonchev–Trinajstić information content (AvgIpc) is 2.39. The summed E-state index contributed by atoms with van der Waals surface area (Å²) < 4.78 is 50.7. The molecular formula is C14H11F4NO. The zero-order chi connectivity index (χ0) is 14.8. The molecule has 2 aromatic carbocycles. The standard InChI is InChI=1S/C14H11F4NO/c15-12-6-9(4-5-13(12)20)8-19-11-3-1-2-10(7-11)14(16,17)18/h1-7,19-20H,8H2. The van der Waals surface area contributed by atoms with Crippen molar-refractivity contribution in [1.29, 1.82) is 0 Å². The minimum Gasteiger partial charge on any atom is -0.505 e. The van der Waals surface area contributed by atoms with Gasteiger partial charge in [0.2, 0.25) is 0 Å². The van der Waals surface area contributed by atoms with Crippen LogP contribution in [0.3, 0.4) is 0 Å². The zero-order valence-corrected chi connectivity index (χ0v) is 10.2. The smallest absolute Gasteiger partial charge is 0.416 e. The molecule has 2 rings (SSSR count). The van der Waals surface area contributed by atoms with Crippen LogP contribution in [-0.4, -0.2) is 5.11 Å². The summed E-state index contributed by atoms with van der Waals surface area (Å²) in [6.07, 6.45) is -4.40. The van der Waals surface area contributed by atoms with Gasteiger partial charge in [0, 0.05) is 12.2 Å². The summed E-state index contributed by atoms with van der Waals surface area (Å²) in [5.41, 5.74) is 0.0467. The quantitative estimate of drug-likeness (QED) is 0.830. The molecule has 0 unspecified atom stereocenters. The highest BCUT2D eigenvalue weighted by atomic mass is 19.4. The third kappa shape index (κ3) is 3.40. The Labute approximate surface area is 112 Å². The lowest BCUT2D eigenvalue weighted by Crippen LogP contribution is -2.06. The monoisotopic (exact) mass is 285 g/mol. The summed E-state index contributed by atoms with van der Waals surface area (Å²) in [5, 5.41) is 11.8. The second kappa shape index (κ2) is 5.40. The van der Waals surface area contributed by atoms with Gasteiger partial charge in [-0.15, -0.1) is 0 Å². The fourth-order valence-electron chi connectivity index (χ4n) is 1.67. The van der Waals surface area contributed by atoms with E-state index in [1.165, 1.54) is 24.3 Å². The highest BCUT2D eigenvalue weighted by Crippen LogP contribution is 2.30. The third-order valence-electron chi connectivity index (χ3n) is 2.70. The van der Waals surface area contributed by atoms with Crippen LogP contribution in [0.25, 0.3) is 0 Å². The van der Waals surface area contributed by atoms with Gasteiger partial charge in [0.15, 0.2) is 11.6 Å². The predicted molar refractivity (Wildman–Crippen MR) is 66.8 cm³/mol. The van der Waals surface area contributed by atoms with E-state index in [9.17, 15) is 17.6 Å². The Bertz CT molecular complexity index is 610. The molecule has 2 nitrogen and oxygen atoms in total. The SMILES string of the molecule is Oc1ccc(CNc2cccc(C(F)(F)F)c2)cc1F. The molecule has 0 aliphatic heterocycles. The second-order valence-electron chi connectivity index (χ2n) is 4.22. The first-order valence-corrected chi connectivity index (χ1v) is 5.75. The first-order valence-electron chi connectivity index (χ1n) is 5.75. The molecule has 0 saturated carbocycles. The Morgan fingerprint density at radius 2 is 1.80 bits per heavy atom. The van der Waals surface area contributed by atoms with Gasteiger partial charge in [-0.25, -0.2) is 4.39 Å². The Balaban J connectivity index is 2.09. The van der Waals surface area contributed by atoms with E-state index in [0.717, 1.165) is 18.2 Å². The topological polar surface area (TPSA) is 32.3 Å². The van der Waals surface area contributed by atoms with Crippen molar-refractivity contribution < 1.29 is 22.7 Å². The van der Waals surface area contributed by atoms with E-state index in [-0.39, 0.29) is 12.2 Å². The molecular weight excluding hydrogens is 274 g/mol. The van der Waals surface area contributed by atoms with Crippen molar-refractivity contribution in [2.24, 2.45) is 0 Å². The first-order chi connectivity index (χ1) is 9.36. The van der Waals surface area contributed by atoms with Crippen LogP contribution >= 0.6 is 0 Å². The highest BCUT2D eigenvalue weighted by Gasteiger charge is 2.30. The minimum atomic E-state index is -4.40. The molecule has 20 heavy (non-hydrogen) atoms. The van der Waals surface area contributed by atoms with Crippen LogP contribution in [0.4, 0.5) is 23.2 Å². The lowest BCUT2D eigenvalue weighted by Gasteiger charge is -2.11. The molecule has 0 atom stereocenters. The average molecular weight is 285 g/mol. The zero-order valence-electron chi connectivity index (χ0n) is 10.2. The number of halogens is 4. The molecule has 6 heteroatoms. The minimum absolute atomic E-state index is 0.151. The van der Waals surface area contributed by atoms with E-state index in [1.807, 2.05) is 0 Å². The van der Waals surface area contributed by atoms with Crippen LogP contribution in [-0.2, 0) is 12.7 Å². The van der Waals surface area contributed by atoms with Crippen LogP contribution < -0.4 is 5.32 Å². The van der Waals surface area contributed by atoms with Gasteiger partial charge in [0.25, 0.3) is 0 Å². The number of hydrogen-bond donors (Lipinski definition) is 2. The summed E-state index contributed by atoms with van der Waals surface area (Å²) in [6, 6.07) is 8.55. The molecule has 2 aromatic rings. The Morgan fingerprint density at radius 1 is 1.05 bits per heavy atom. The molecule has 0 saturated heterocycles. The van der Waals surface area contributed by atoms with Gasteiger partial charge in [0.1, 0.15) is 0 Å². The van der Waals surface area contributed by atoms with Crippen molar-refractivity contribution in [2.45, 2.75) is 12.7 Å². The second-order valence-corrected chi connectivity index (χ2v) is 4.22. The molecule has 0 heterocycles. The summed E-state index contributed by atoms with van der Waals surface area (Å²) >= 11 is 0. The van der Waals surface area contributed by atoms with Crippen LogP contribution in [0, 0.1) is 5.82 Å². The number of phenolic OH excluding ortho intramolecular Hbond substituents is 1. The van der Waals surface area contributed by atoms with Crippen LogP contribution in [0.2, 0.25) is 0 Å². The lowest BCUT2D eigenvalue weighted by molar-refractivity contribution is -0.137. The Morgan fingerprint density at radius 3 is 2.45 bits per heavy atom. The molecule has 0 aromatic heterocycles. The van der Waals surface area contributed by atoms with Crippen LogP contribution in [0.15, 0.2) is 42.5 Å². The van der Waals surface area contributed by atoms with Gasteiger partial charge < -0.3 is 10.4 Å². The number of anilines is 1. The van der Waals surface area contributed by atoms with Crippen molar-refractivity contribution in [3.05, 3.63) is 59.4 Å². The van der Waals surface area contributed by atoms with Gasteiger partial charge >= 0.3 is 6.18 Å². The molecule has 0 aliphatic carbocycles. The Hall–Kier alpha value is -2.24. The van der Waals surface area contributed by atoms with Crippen molar-refractivity contribution >= 4 is 5.69 Å². The molecule has 0 bridgehead atoms. The van der Waals surface area contributed by atoms with Gasteiger partial charge in [-0.2, -0.15) is 13.2 Å². The first kappa shape index (κ1) is 14.2. The molecule has 0 aliphatic rings. The summed E-state index contributed by atoms with van der Waals surface area (Å²) in [7, 11) is 0. The summed E-state index contributed by atoms with van der Waals surface area (Å²) in [5.74, 6) is -1.24. The fourth-order valence-corrected chi connectivity index (χ4v) is 1.67. The molecule has 2 N–H and O–H groups in total. The van der Waals surface area contributed by atoms with E-state index in [4.69, 9.17) is 5.11 Å². The van der Waals surface area contributed by atoms with Crippen LogP contribution in [0.1, 0.15) is 11.1 Å². The van der Waals surface area contributed by atoms with E-state index in [1.54, 1.807) is 0 Å². The van der Waals surface area contributed by atoms with E-state index in [0.29, 0.717) is 5.56 Å². The maximum Gasteiger partial charge on any atom is 0.416 e. The Kier molecular flexibility index (Phi) is 3.83. The van der Waals surface area contributed by atoms with Crippen molar-refractivity contribution in [3.8, 4) is 5.75 Å². The number of alkyl halides is 3. The number of nitrogens with one attached hydrogen (secondary N) is 1.